The summed E-state index contributed by atoms with van der Waals surface area (Å²) in [6.45, 7) is 1.83. The van der Waals surface area contributed by atoms with Gasteiger partial charge in [0.2, 0.25) is 0 Å². The molecule has 0 aliphatic carbocycles. The first-order valence-electron chi connectivity index (χ1n) is 2.33. The van der Waals surface area contributed by atoms with Crippen LogP contribution in [0.3, 0.4) is 0 Å². The van der Waals surface area contributed by atoms with E-state index in [-0.39, 0.29) is 6.04 Å². The first-order valence-corrected chi connectivity index (χ1v) is 2.97. The zero-order chi connectivity index (χ0) is 6.57. The fourth-order valence-electron chi connectivity index (χ4n) is 0.288. The monoisotopic (exact) mass is 134 g/mol. The van der Waals surface area contributed by atoms with Crippen LogP contribution in [-0.2, 0) is 0 Å². The number of carbonyl (C=O) groups is 1. The number of hydrogen-bond acceptors (Lipinski definition) is 2. The van der Waals surface area contributed by atoms with Gasteiger partial charge in [-0.05, 0) is 6.92 Å². The van der Waals surface area contributed by atoms with Crippen LogP contribution in [0, 0.1) is 0 Å². The van der Waals surface area contributed by atoms with E-state index in [1.165, 1.54) is 0 Å². The predicted octanol–water partition coefficient (Wildman–Crippen LogP) is -0.0270. The molecule has 0 rings (SSSR count). The average Bonchev–Trinajstić information content (AvgIpc) is 1.65. The molecule has 3 nitrogen and oxygen atoms in total. The van der Waals surface area contributed by atoms with E-state index in [9.17, 15) is 4.79 Å². The largest absolute Gasteiger partial charge is 0.352 e. The summed E-state index contributed by atoms with van der Waals surface area (Å²) < 4.78 is 0. The van der Waals surface area contributed by atoms with E-state index in [0.717, 1.165) is 0 Å². The molecule has 0 aromatic carbocycles. The van der Waals surface area contributed by atoms with Gasteiger partial charge in [-0.15, -0.1) is 0 Å². The summed E-state index contributed by atoms with van der Waals surface area (Å²) in [4.78, 5) is 10.0. The van der Waals surface area contributed by atoms with E-state index in [1.54, 1.807) is 0 Å². The minimum absolute atomic E-state index is 0.0656. The maximum Gasteiger partial charge on any atom is 0.312 e. The van der Waals surface area contributed by atoms with Crippen molar-refractivity contribution in [2.45, 2.75) is 13.0 Å². The van der Waals surface area contributed by atoms with Crippen LogP contribution in [0.5, 0.6) is 0 Å². The molecule has 0 aromatic rings. The molecule has 1 unspecified atom stereocenters. The van der Waals surface area contributed by atoms with E-state index in [0.29, 0.717) is 5.75 Å². The van der Waals surface area contributed by atoms with Crippen molar-refractivity contribution in [3.63, 3.8) is 0 Å². The highest BCUT2D eigenvalue weighted by molar-refractivity contribution is 7.80. The number of nitrogens with two attached hydrogens (primary N) is 1. The van der Waals surface area contributed by atoms with Crippen LogP contribution in [0.15, 0.2) is 0 Å². The topological polar surface area (TPSA) is 55.1 Å². The number of amides is 2. The Bertz CT molecular complexity index is 86.1. The molecular formula is C4H10N2OS. The van der Waals surface area contributed by atoms with Gasteiger partial charge in [0.15, 0.2) is 0 Å². The second kappa shape index (κ2) is 3.60. The molecule has 1 atom stereocenters. The SMILES string of the molecule is CC(CS)NC(N)=O. The Kier molecular flexibility index (Phi) is 3.43. The Morgan fingerprint density at radius 1 is 2.00 bits per heavy atom. The lowest BCUT2D eigenvalue weighted by Crippen LogP contribution is -2.37. The van der Waals surface area contributed by atoms with E-state index in [1.807, 2.05) is 6.92 Å². The molecular weight excluding hydrogens is 124 g/mol. The molecule has 0 bridgehead atoms. The van der Waals surface area contributed by atoms with Crippen molar-refractivity contribution in [2.24, 2.45) is 5.73 Å². The normalized spacial score (nSPS) is 12.8. The minimum Gasteiger partial charge on any atom is -0.352 e. The number of carbonyl (C=O) groups excluding carboxylic acids is 1. The maximum atomic E-state index is 10.0. The third-order valence-corrected chi connectivity index (χ3v) is 1.21. The van der Waals surface area contributed by atoms with Crippen LogP contribution in [-0.4, -0.2) is 17.8 Å². The number of primary amides is 1. The van der Waals surface area contributed by atoms with Crippen molar-refractivity contribution in [3.8, 4) is 0 Å². The highest BCUT2D eigenvalue weighted by Crippen LogP contribution is 1.82. The van der Waals surface area contributed by atoms with Gasteiger partial charge < -0.3 is 11.1 Å². The van der Waals surface area contributed by atoms with Crippen LogP contribution in [0.25, 0.3) is 0 Å². The summed E-state index contributed by atoms with van der Waals surface area (Å²) in [6, 6.07) is -0.428. The molecule has 0 spiro atoms. The Labute approximate surface area is 54.0 Å². The summed E-state index contributed by atoms with van der Waals surface area (Å²) in [5, 5.41) is 2.45. The van der Waals surface area contributed by atoms with Gasteiger partial charge in [0.1, 0.15) is 0 Å². The number of urea groups is 1. The summed E-state index contributed by atoms with van der Waals surface area (Å²) in [6.07, 6.45) is 0. The Morgan fingerprint density at radius 3 is 2.62 bits per heavy atom. The average molecular weight is 134 g/mol. The summed E-state index contributed by atoms with van der Waals surface area (Å²) in [5.41, 5.74) is 4.78. The summed E-state index contributed by atoms with van der Waals surface area (Å²) in [5.74, 6) is 0.614. The van der Waals surface area contributed by atoms with Gasteiger partial charge >= 0.3 is 6.03 Å². The van der Waals surface area contributed by atoms with E-state index >= 15 is 0 Å². The molecule has 0 fully saturated rings. The van der Waals surface area contributed by atoms with Gasteiger partial charge in [-0.3, -0.25) is 0 Å². The molecule has 2 amide bonds. The zero-order valence-electron chi connectivity index (χ0n) is 4.72. The standard InChI is InChI=1S/C4H10N2OS/c1-3(2-8)6-4(5)7/h3,8H,2H2,1H3,(H3,5,6,7). The number of thiol groups is 1. The van der Waals surface area contributed by atoms with Crippen LogP contribution >= 0.6 is 12.6 Å². The van der Waals surface area contributed by atoms with Crippen LogP contribution in [0.4, 0.5) is 4.79 Å². The Balaban J connectivity index is 3.24. The molecule has 48 valence electrons. The van der Waals surface area contributed by atoms with Crippen molar-refractivity contribution < 1.29 is 4.79 Å². The Morgan fingerprint density at radius 2 is 2.50 bits per heavy atom. The Hall–Kier alpha value is -0.380. The minimum atomic E-state index is -0.494. The number of rotatable bonds is 2. The molecule has 0 saturated heterocycles. The quantitative estimate of drug-likeness (QED) is 0.456. The predicted molar refractivity (Wildman–Crippen MR) is 36.0 cm³/mol. The highest BCUT2D eigenvalue weighted by Gasteiger charge is 1.97. The molecule has 0 aromatic heterocycles. The lowest BCUT2D eigenvalue weighted by atomic mass is 10.4. The zero-order valence-corrected chi connectivity index (χ0v) is 5.61. The van der Waals surface area contributed by atoms with Crippen molar-refractivity contribution in [3.05, 3.63) is 0 Å². The highest BCUT2D eigenvalue weighted by atomic mass is 32.1. The number of nitrogens with one attached hydrogen (secondary N) is 1. The molecule has 0 radical (unpaired) electrons. The molecule has 0 saturated carbocycles. The fourth-order valence-corrected chi connectivity index (χ4v) is 0.380. The summed E-state index contributed by atoms with van der Waals surface area (Å²) >= 11 is 3.92. The van der Waals surface area contributed by atoms with E-state index in [2.05, 4.69) is 17.9 Å². The molecule has 4 heteroatoms. The second-order valence-electron chi connectivity index (χ2n) is 1.59. The van der Waals surface area contributed by atoms with Gasteiger partial charge in [0.05, 0.1) is 0 Å². The fraction of sp³-hybridized carbons (Fsp3) is 0.750. The summed E-state index contributed by atoms with van der Waals surface area (Å²) in [7, 11) is 0. The second-order valence-corrected chi connectivity index (χ2v) is 1.96. The van der Waals surface area contributed by atoms with Crippen molar-refractivity contribution in [1.29, 1.82) is 0 Å². The first-order chi connectivity index (χ1) is 3.66. The van der Waals surface area contributed by atoms with Crippen molar-refractivity contribution >= 4 is 18.7 Å². The van der Waals surface area contributed by atoms with E-state index < -0.39 is 6.03 Å². The molecule has 0 aliphatic heterocycles. The van der Waals surface area contributed by atoms with Crippen molar-refractivity contribution in [1.82, 2.24) is 5.32 Å². The third kappa shape index (κ3) is 3.80. The lowest BCUT2D eigenvalue weighted by Gasteiger charge is -2.06. The smallest absolute Gasteiger partial charge is 0.312 e. The lowest BCUT2D eigenvalue weighted by molar-refractivity contribution is 0.247. The van der Waals surface area contributed by atoms with Gasteiger partial charge in [-0.1, -0.05) is 0 Å². The van der Waals surface area contributed by atoms with Crippen LogP contribution in [0.1, 0.15) is 6.92 Å². The van der Waals surface area contributed by atoms with E-state index in [4.69, 9.17) is 5.73 Å². The van der Waals surface area contributed by atoms with Crippen LogP contribution in [0.2, 0.25) is 0 Å². The van der Waals surface area contributed by atoms with Gasteiger partial charge in [0.25, 0.3) is 0 Å². The van der Waals surface area contributed by atoms with Gasteiger partial charge in [-0.2, -0.15) is 12.6 Å². The molecule has 8 heavy (non-hydrogen) atoms. The van der Waals surface area contributed by atoms with Crippen molar-refractivity contribution in [2.75, 3.05) is 5.75 Å². The first kappa shape index (κ1) is 7.62. The molecule has 0 heterocycles. The van der Waals surface area contributed by atoms with Gasteiger partial charge in [0, 0.05) is 11.8 Å². The maximum absolute atomic E-state index is 10.0. The van der Waals surface area contributed by atoms with Gasteiger partial charge in [-0.25, -0.2) is 4.79 Å². The molecule has 3 N–H and O–H groups in total. The third-order valence-electron chi connectivity index (χ3n) is 0.663. The number of hydrogen-bond donors (Lipinski definition) is 3. The van der Waals surface area contributed by atoms with Crippen LogP contribution < -0.4 is 11.1 Å². The molecule has 0 aliphatic rings.